The molecule has 0 aliphatic rings. The standard InChI is InChI=1S/C12H13FN2S/c1-14-12(4-9-2-3-16-8-9)10-5-11(13)7-15-6-10/h2-3,5-8,12,14H,4H2,1H3. The van der Waals surface area contributed by atoms with Gasteiger partial charge in [-0.05, 0) is 47.5 Å². The van der Waals surface area contributed by atoms with Crippen molar-refractivity contribution in [3.63, 3.8) is 0 Å². The number of thiophene rings is 1. The zero-order valence-electron chi connectivity index (χ0n) is 8.98. The average Bonchev–Trinajstić information content (AvgIpc) is 2.78. The van der Waals surface area contributed by atoms with E-state index in [1.807, 2.05) is 12.4 Å². The van der Waals surface area contributed by atoms with Crippen molar-refractivity contribution in [2.24, 2.45) is 0 Å². The van der Waals surface area contributed by atoms with Crippen LogP contribution in [0.3, 0.4) is 0 Å². The van der Waals surface area contributed by atoms with E-state index in [-0.39, 0.29) is 11.9 Å². The number of hydrogen-bond donors (Lipinski definition) is 1. The minimum Gasteiger partial charge on any atom is -0.313 e. The molecular formula is C12H13FN2S. The van der Waals surface area contributed by atoms with Crippen LogP contribution in [0.2, 0.25) is 0 Å². The number of hydrogen-bond acceptors (Lipinski definition) is 3. The molecule has 0 bridgehead atoms. The third-order valence-electron chi connectivity index (χ3n) is 2.50. The first kappa shape index (κ1) is 11.2. The largest absolute Gasteiger partial charge is 0.313 e. The molecule has 4 heteroatoms. The Balaban J connectivity index is 2.16. The summed E-state index contributed by atoms with van der Waals surface area (Å²) in [5, 5.41) is 7.34. The van der Waals surface area contributed by atoms with Crippen molar-refractivity contribution in [1.29, 1.82) is 0 Å². The number of nitrogens with one attached hydrogen (secondary N) is 1. The van der Waals surface area contributed by atoms with Gasteiger partial charge in [-0.2, -0.15) is 11.3 Å². The predicted molar refractivity (Wildman–Crippen MR) is 64.0 cm³/mol. The summed E-state index contributed by atoms with van der Waals surface area (Å²) in [6.07, 6.45) is 3.78. The summed E-state index contributed by atoms with van der Waals surface area (Å²) >= 11 is 1.67. The van der Waals surface area contributed by atoms with E-state index in [1.54, 1.807) is 17.5 Å². The molecule has 2 rings (SSSR count). The predicted octanol–water partition coefficient (Wildman–Crippen LogP) is 2.79. The summed E-state index contributed by atoms with van der Waals surface area (Å²) in [7, 11) is 1.88. The van der Waals surface area contributed by atoms with E-state index in [9.17, 15) is 4.39 Å². The third-order valence-corrected chi connectivity index (χ3v) is 3.23. The maximum absolute atomic E-state index is 13.1. The topological polar surface area (TPSA) is 24.9 Å². The Morgan fingerprint density at radius 1 is 1.50 bits per heavy atom. The van der Waals surface area contributed by atoms with Gasteiger partial charge in [-0.1, -0.05) is 0 Å². The molecule has 84 valence electrons. The fourth-order valence-corrected chi connectivity index (χ4v) is 2.33. The Hall–Kier alpha value is -1.26. The summed E-state index contributed by atoms with van der Waals surface area (Å²) in [6.45, 7) is 0. The zero-order chi connectivity index (χ0) is 11.4. The van der Waals surface area contributed by atoms with Gasteiger partial charge in [0.25, 0.3) is 0 Å². The van der Waals surface area contributed by atoms with Crippen LogP contribution in [0.25, 0.3) is 0 Å². The van der Waals surface area contributed by atoms with Crippen LogP contribution in [-0.2, 0) is 6.42 Å². The Bertz CT molecular complexity index is 442. The van der Waals surface area contributed by atoms with E-state index in [1.165, 1.54) is 17.8 Å². The number of likely N-dealkylation sites (N-methyl/N-ethyl adjacent to an activating group) is 1. The molecule has 0 saturated heterocycles. The maximum atomic E-state index is 13.1. The molecule has 0 fully saturated rings. The summed E-state index contributed by atoms with van der Waals surface area (Å²) < 4.78 is 13.1. The van der Waals surface area contributed by atoms with Crippen molar-refractivity contribution >= 4 is 11.3 Å². The molecule has 2 aromatic rings. The number of aromatic nitrogens is 1. The van der Waals surface area contributed by atoms with Crippen LogP contribution >= 0.6 is 11.3 Å². The highest BCUT2D eigenvalue weighted by atomic mass is 32.1. The number of halogens is 1. The van der Waals surface area contributed by atoms with Gasteiger partial charge in [0.2, 0.25) is 0 Å². The minimum atomic E-state index is -0.289. The first-order valence-electron chi connectivity index (χ1n) is 5.08. The third kappa shape index (κ3) is 2.65. The van der Waals surface area contributed by atoms with E-state index >= 15 is 0 Å². The lowest BCUT2D eigenvalue weighted by Gasteiger charge is -2.15. The molecule has 0 aliphatic heterocycles. The van der Waals surface area contributed by atoms with Gasteiger partial charge in [-0.15, -0.1) is 0 Å². The van der Waals surface area contributed by atoms with Gasteiger partial charge in [0.05, 0.1) is 6.20 Å². The van der Waals surface area contributed by atoms with Gasteiger partial charge < -0.3 is 5.32 Å². The average molecular weight is 236 g/mol. The Labute approximate surface area is 98.2 Å². The Kier molecular flexibility index (Phi) is 3.64. The quantitative estimate of drug-likeness (QED) is 0.883. The molecular weight excluding hydrogens is 223 g/mol. The molecule has 0 radical (unpaired) electrons. The van der Waals surface area contributed by atoms with Gasteiger partial charge in [-0.25, -0.2) is 4.39 Å². The second-order valence-corrected chi connectivity index (χ2v) is 4.39. The van der Waals surface area contributed by atoms with Gasteiger partial charge in [-0.3, -0.25) is 4.98 Å². The molecule has 0 aromatic carbocycles. The normalized spacial score (nSPS) is 12.6. The van der Waals surface area contributed by atoms with Crippen LogP contribution in [0.1, 0.15) is 17.2 Å². The van der Waals surface area contributed by atoms with Crippen LogP contribution in [0.4, 0.5) is 4.39 Å². The molecule has 0 saturated carbocycles. The summed E-state index contributed by atoms with van der Waals surface area (Å²) in [5.41, 5.74) is 2.14. The Morgan fingerprint density at radius 3 is 3.00 bits per heavy atom. The second-order valence-electron chi connectivity index (χ2n) is 3.61. The smallest absolute Gasteiger partial charge is 0.141 e. The highest BCUT2D eigenvalue weighted by Gasteiger charge is 2.11. The van der Waals surface area contributed by atoms with Crippen molar-refractivity contribution in [2.75, 3.05) is 7.05 Å². The summed E-state index contributed by atoms with van der Waals surface area (Å²) in [6, 6.07) is 3.72. The van der Waals surface area contributed by atoms with Gasteiger partial charge >= 0.3 is 0 Å². The molecule has 1 atom stereocenters. The van der Waals surface area contributed by atoms with Crippen LogP contribution < -0.4 is 5.32 Å². The van der Waals surface area contributed by atoms with Gasteiger partial charge in [0, 0.05) is 12.2 Å². The van der Waals surface area contributed by atoms with Crippen LogP contribution in [0.15, 0.2) is 35.3 Å². The van der Waals surface area contributed by atoms with E-state index < -0.39 is 0 Å². The first-order chi connectivity index (χ1) is 7.79. The fourth-order valence-electron chi connectivity index (χ4n) is 1.65. The maximum Gasteiger partial charge on any atom is 0.141 e. The summed E-state index contributed by atoms with van der Waals surface area (Å²) in [4.78, 5) is 3.87. The summed E-state index contributed by atoms with van der Waals surface area (Å²) in [5.74, 6) is -0.289. The molecule has 0 spiro atoms. The molecule has 0 aliphatic carbocycles. The van der Waals surface area contributed by atoms with Crippen molar-refractivity contribution in [3.05, 3.63) is 52.2 Å². The highest BCUT2D eigenvalue weighted by Crippen LogP contribution is 2.19. The molecule has 2 heterocycles. The number of pyridine rings is 1. The Morgan fingerprint density at radius 2 is 2.38 bits per heavy atom. The van der Waals surface area contributed by atoms with E-state index in [0.717, 1.165) is 12.0 Å². The van der Waals surface area contributed by atoms with E-state index in [2.05, 4.69) is 21.7 Å². The highest BCUT2D eigenvalue weighted by molar-refractivity contribution is 7.07. The molecule has 2 nitrogen and oxygen atoms in total. The lowest BCUT2D eigenvalue weighted by Crippen LogP contribution is -2.18. The molecule has 0 amide bonds. The minimum absolute atomic E-state index is 0.109. The van der Waals surface area contributed by atoms with Crippen molar-refractivity contribution in [1.82, 2.24) is 10.3 Å². The van der Waals surface area contributed by atoms with Gasteiger partial charge in [0.15, 0.2) is 0 Å². The monoisotopic (exact) mass is 236 g/mol. The number of nitrogens with zero attached hydrogens (tertiary/aromatic N) is 1. The van der Waals surface area contributed by atoms with Crippen molar-refractivity contribution in [3.8, 4) is 0 Å². The van der Waals surface area contributed by atoms with Crippen molar-refractivity contribution < 1.29 is 4.39 Å². The molecule has 1 N–H and O–H groups in total. The SMILES string of the molecule is CNC(Cc1ccsc1)c1cncc(F)c1. The lowest BCUT2D eigenvalue weighted by molar-refractivity contribution is 0.572. The second kappa shape index (κ2) is 5.18. The number of rotatable bonds is 4. The van der Waals surface area contributed by atoms with Crippen molar-refractivity contribution in [2.45, 2.75) is 12.5 Å². The van der Waals surface area contributed by atoms with Gasteiger partial charge in [0.1, 0.15) is 5.82 Å². The fraction of sp³-hybridized carbons (Fsp3) is 0.250. The van der Waals surface area contributed by atoms with Crippen LogP contribution in [0, 0.1) is 5.82 Å². The zero-order valence-corrected chi connectivity index (χ0v) is 9.80. The molecule has 16 heavy (non-hydrogen) atoms. The molecule has 2 aromatic heterocycles. The van der Waals surface area contributed by atoms with E-state index in [0.29, 0.717) is 0 Å². The van der Waals surface area contributed by atoms with Crippen LogP contribution in [0.5, 0.6) is 0 Å². The van der Waals surface area contributed by atoms with E-state index in [4.69, 9.17) is 0 Å². The first-order valence-corrected chi connectivity index (χ1v) is 6.02. The molecule has 1 unspecified atom stereocenters. The van der Waals surface area contributed by atoms with Crippen LogP contribution in [-0.4, -0.2) is 12.0 Å². The lowest BCUT2D eigenvalue weighted by atomic mass is 10.0.